The van der Waals surface area contributed by atoms with Gasteiger partial charge in [0.15, 0.2) is 0 Å². The third-order valence-corrected chi connectivity index (χ3v) is 5.71. The maximum Gasteiger partial charge on any atom is 0.265 e. The Bertz CT molecular complexity index is 990. The number of aryl methyl sites for hydroxylation is 1. The van der Waals surface area contributed by atoms with Crippen molar-refractivity contribution in [3.63, 3.8) is 0 Å². The summed E-state index contributed by atoms with van der Waals surface area (Å²) in [6.45, 7) is 1.17. The van der Waals surface area contributed by atoms with Crippen LogP contribution in [0.1, 0.15) is 28.3 Å². The molecule has 2 aromatic heterocycles. The van der Waals surface area contributed by atoms with E-state index in [1.165, 1.54) is 11.3 Å². The maximum absolute atomic E-state index is 12.2. The van der Waals surface area contributed by atoms with Crippen molar-refractivity contribution < 1.29 is 14.3 Å². The number of nitrogens with zero attached hydrogens (tertiary/aromatic N) is 2. The van der Waals surface area contributed by atoms with Crippen molar-refractivity contribution in [2.24, 2.45) is 7.05 Å². The van der Waals surface area contributed by atoms with Crippen molar-refractivity contribution in [2.45, 2.75) is 25.4 Å². The predicted octanol–water partition coefficient (Wildman–Crippen LogP) is 2.72. The SMILES string of the molecule is Cn1c(CCNC(=O)[C@H]2CCCO2)nc2cc(NC(=O)c3cccs3)ccc21. The number of hydrogen-bond acceptors (Lipinski definition) is 5. The maximum atomic E-state index is 12.2. The fourth-order valence-corrected chi connectivity index (χ4v) is 3.97. The zero-order valence-electron chi connectivity index (χ0n) is 15.6. The Labute approximate surface area is 166 Å². The molecule has 0 aliphatic carbocycles. The monoisotopic (exact) mass is 398 g/mol. The Morgan fingerprint density at radius 2 is 2.25 bits per heavy atom. The van der Waals surface area contributed by atoms with Gasteiger partial charge in [-0.1, -0.05) is 6.07 Å². The summed E-state index contributed by atoms with van der Waals surface area (Å²) in [5, 5.41) is 7.71. The number of aromatic nitrogens is 2. The molecule has 146 valence electrons. The highest BCUT2D eigenvalue weighted by Crippen LogP contribution is 2.21. The fraction of sp³-hybridized carbons (Fsp3) is 0.350. The van der Waals surface area contributed by atoms with E-state index >= 15 is 0 Å². The zero-order chi connectivity index (χ0) is 19.5. The molecule has 1 aliphatic rings. The minimum atomic E-state index is -0.310. The zero-order valence-corrected chi connectivity index (χ0v) is 16.4. The van der Waals surface area contributed by atoms with Crippen LogP contribution in [0, 0.1) is 0 Å². The van der Waals surface area contributed by atoms with Crippen LogP contribution >= 0.6 is 11.3 Å². The first-order valence-corrected chi connectivity index (χ1v) is 10.2. The number of anilines is 1. The molecule has 1 atom stereocenters. The fourth-order valence-electron chi connectivity index (χ4n) is 3.35. The standard InChI is InChI=1S/C20H22N4O3S/c1-24-15-7-6-13(22-20(26)17-5-3-11-28-17)12-14(15)23-18(24)8-9-21-19(25)16-4-2-10-27-16/h3,5-7,11-12,16H,2,4,8-10H2,1H3,(H,21,25)(H,22,26)/t16-/m1/s1. The van der Waals surface area contributed by atoms with Crippen molar-refractivity contribution in [3.05, 3.63) is 46.4 Å². The van der Waals surface area contributed by atoms with Gasteiger partial charge in [0.1, 0.15) is 11.9 Å². The molecule has 0 saturated carbocycles. The second-order valence-electron chi connectivity index (χ2n) is 6.76. The summed E-state index contributed by atoms with van der Waals surface area (Å²) in [5.74, 6) is 0.710. The average molecular weight is 398 g/mol. The number of hydrogen-bond donors (Lipinski definition) is 2. The molecule has 8 heteroatoms. The Hall–Kier alpha value is -2.71. The molecule has 3 aromatic rings. The summed E-state index contributed by atoms with van der Waals surface area (Å²) < 4.78 is 7.41. The van der Waals surface area contributed by atoms with E-state index in [0.717, 1.165) is 29.7 Å². The summed E-state index contributed by atoms with van der Waals surface area (Å²) >= 11 is 1.41. The van der Waals surface area contributed by atoms with Crippen LogP contribution in [-0.2, 0) is 23.0 Å². The first kappa shape index (κ1) is 18.6. The van der Waals surface area contributed by atoms with Crippen LogP contribution in [0.2, 0.25) is 0 Å². The molecule has 1 aromatic carbocycles. The van der Waals surface area contributed by atoms with Gasteiger partial charge in [-0.2, -0.15) is 0 Å². The van der Waals surface area contributed by atoms with E-state index in [4.69, 9.17) is 4.74 Å². The lowest BCUT2D eigenvalue weighted by molar-refractivity contribution is -0.130. The van der Waals surface area contributed by atoms with Crippen molar-refractivity contribution >= 4 is 39.9 Å². The van der Waals surface area contributed by atoms with Crippen LogP contribution in [0.4, 0.5) is 5.69 Å². The summed E-state index contributed by atoms with van der Waals surface area (Å²) in [6, 6.07) is 9.34. The lowest BCUT2D eigenvalue weighted by Gasteiger charge is -2.10. The van der Waals surface area contributed by atoms with Gasteiger partial charge < -0.3 is 19.9 Å². The molecular formula is C20H22N4O3S. The van der Waals surface area contributed by atoms with Crippen LogP contribution < -0.4 is 10.6 Å². The minimum absolute atomic E-state index is 0.0464. The van der Waals surface area contributed by atoms with E-state index in [1.54, 1.807) is 6.07 Å². The molecule has 2 N–H and O–H groups in total. The quantitative estimate of drug-likeness (QED) is 0.669. The van der Waals surface area contributed by atoms with E-state index in [-0.39, 0.29) is 17.9 Å². The number of imidazole rings is 1. The van der Waals surface area contributed by atoms with Gasteiger partial charge in [0, 0.05) is 32.3 Å². The molecular weight excluding hydrogens is 376 g/mol. The predicted molar refractivity (Wildman–Crippen MR) is 109 cm³/mol. The van der Waals surface area contributed by atoms with Crippen molar-refractivity contribution in [1.29, 1.82) is 0 Å². The second kappa shape index (κ2) is 8.12. The number of fused-ring (bicyclic) bond motifs is 1. The van der Waals surface area contributed by atoms with E-state index < -0.39 is 0 Å². The lowest BCUT2D eigenvalue weighted by atomic mass is 10.2. The van der Waals surface area contributed by atoms with Gasteiger partial charge in [-0.15, -0.1) is 11.3 Å². The molecule has 0 radical (unpaired) electrons. The molecule has 0 unspecified atom stereocenters. The third-order valence-electron chi connectivity index (χ3n) is 4.85. The topological polar surface area (TPSA) is 85.2 Å². The summed E-state index contributed by atoms with van der Waals surface area (Å²) in [5.41, 5.74) is 2.50. The third kappa shape index (κ3) is 3.93. The van der Waals surface area contributed by atoms with E-state index in [1.807, 2.05) is 41.3 Å². The molecule has 0 spiro atoms. The summed E-state index contributed by atoms with van der Waals surface area (Å²) in [4.78, 5) is 29.6. The van der Waals surface area contributed by atoms with Gasteiger partial charge in [0.2, 0.25) is 5.91 Å². The molecule has 7 nitrogen and oxygen atoms in total. The van der Waals surface area contributed by atoms with Gasteiger partial charge >= 0.3 is 0 Å². The highest BCUT2D eigenvalue weighted by molar-refractivity contribution is 7.12. The van der Waals surface area contributed by atoms with Gasteiger partial charge in [-0.3, -0.25) is 9.59 Å². The van der Waals surface area contributed by atoms with Crippen molar-refractivity contribution in [3.8, 4) is 0 Å². The molecule has 4 rings (SSSR count). The Morgan fingerprint density at radius 3 is 3.00 bits per heavy atom. The Balaban J connectivity index is 1.41. The van der Waals surface area contributed by atoms with Crippen molar-refractivity contribution in [2.75, 3.05) is 18.5 Å². The smallest absolute Gasteiger partial charge is 0.265 e. The summed E-state index contributed by atoms with van der Waals surface area (Å²) in [6.07, 6.45) is 2.04. The van der Waals surface area contributed by atoms with Gasteiger partial charge in [0.25, 0.3) is 5.91 Å². The number of ether oxygens (including phenoxy) is 1. The van der Waals surface area contributed by atoms with E-state index in [0.29, 0.717) is 30.1 Å². The first-order valence-electron chi connectivity index (χ1n) is 9.31. The molecule has 1 aliphatic heterocycles. The normalized spacial score (nSPS) is 16.4. The Kier molecular flexibility index (Phi) is 5.40. The van der Waals surface area contributed by atoms with E-state index in [9.17, 15) is 9.59 Å². The number of thiophene rings is 1. The molecule has 1 saturated heterocycles. The van der Waals surface area contributed by atoms with Gasteiger partial charge in [0.05, 0.1) is 15.9 Å². The number of carbonyl (C=O) groups excluding carboxylic acids is 2. The van der Waals surface area contributed by atoms with Crippen LogP contribution in [0.5, 0.6) is 0 Å². The summed E-state index contributed by atoms with van der Waals surface area (Å²) in [7, 11) is 1.95. The van der Waals surface area contributed by atoms with Crippen LogP contribution in [0.3, 0.4) is 0 Å². The first-order chi connectivity index (χ1) is 13.6. The number of rotatable bonds is 6. The molecule has 2 amide bonds. The molecule has 28 heavy (non-hydrogen) atoms. The highest BCUT2D eigenvalue weighted by atomic mass is 32.1. The van der Waals surface area contributed by atoms with Gasteiger partial charge in [-0.05, 0) is 42.5 Å². The lowest BCUT2D eigenvalue weighted by Crippen LogP contribution is -2.35. The van der Waals surface area contributed by atoms with Crippen LogP contribution in [-0.4, -0.2) is 40.6 Å². The van der Waals surface area contributed by atoms with Crippen molar-refractivity contribution in [1.82, 2.24) is 14.9 Å². The minimum Gasteiger partial charge on any atom is -0.368 e. The number of amides is 2. The average Bonchev–Trinajstić information content (AvgIpc) is 3.44. The second-order valence-corrected chi connectivity index (χ2v) is 7.71. The molecule has 3 heterocycles. The largest absolute Gasteiger partial charge is 0.368 e. The number of nitrogens with one attached hydrogen (secondary N) is 2. The number of carbonyl (C=O) groups is 2. The molecule has 1 fully saturated rings. The van der Waals surface area contributed by atoms with E-state index in [2.05, 4.69) is 15.6 Å². The van der Waals surface area contributed by atoms with Crippen LogP contribution in [0.15, 0.2) is 35.7 Å². The van der Waals surface area contributed by atoms with Gasteiger partial charge in [-0.25, -0.2) is 4.98 Å². The highest BCUT2D eigenvalue weighted by Gasteiger charge is 2.23. The molecule has 0 bridgehead atoms. The number of benzene rings is 1. The van der Waals surface area contributed by atoms with Crippen LogP contribution in [0.25, 0.3) is 11.0 Å². The Morgan fingerprint density at radius 1 is 1.36 bits per heavy atom.